The van der Waals surface area contributed by atoms with Gasteiger partial charge in [0.1, 0.15) is 5.54 Å². The van der Waals surface area contributed by atoms with Crippen molar-refractivity contribution in [1.82, 2.24) is 10.3 Å². The smallest absolute Gasteiger partial charge is 0.251 e. The number of fused-ring (bicyclic) bond motifs is 4. The van der Waals surface area contributed by atoms with Crippen LogP contribution in [0.3, 0.4) is 0 Å². The number of nitrogens with zero attached hydrogens (tertiary/aromatic N) is 1. The Bertz CT molecular complexity index is 1220. The molecule has 172 valence electrons. The molecule has 2 N–H and O–H groups in total. The molecule has 1 heterocycles. The van der Waals surface area contributed by atoms with Gasteiger partial charge < -0.3 is 10.3 Å². The number of aliphatic imine (C=N–C) groups is 1. The van der Waals surface area contributed by atoms with Crippen LogP contribution in [0.4, 0.5) is 0 Å². The predicted molar refractivity (Wildman–Crippen MR) is 137 cm³/mol. The summed E-state index contributed by atoms with van der Waals surface area (Å²) in [6.07, 6.45) is 11.7. The minimum Gasteiger partial charge on any atom is -0.352 e. The molecule has 5 nitrogen and oxygen atoms in total. The molecule has 33 heavy (non-hydrogen) atoms. The van der Waals surface area contributed by atoms with Crippen molar-refractivity contribution in [2.45, 2.75) is 46.6 Å². The molecule has 0 saturated carbocycles. The lowest BCUT2D eigenvalue weighted by Crippen LogP contribution is -2.40. The van der Waals surface area contributed by atoms with Crippen molar-refractivity contribution in [3.8, 4) is 0 Å². The van der Waals surface area contributed by atoms with E-state index in [2.05, 4.69) is 36.3 Å². The van der Waals surface area contributed by atoms with Gasteiger partial charge in [0.15, 0.2) is 0 Å². The Morgan fingerprint density at radius 3 is 2.82 bits per heavy atom. The fourth-order valence-corrected chi connectivity index (χ4v) is 5.07. The highest BCUT2D eigenvalue weighted by Gasteiger charge is 2.46. The van der Waals surface area contributed by atoms with Gasteiger partial charge in [0.25, 0.3) is 5.91 Å². The van der Waals surface area contributed by atoms with Crippen LogP contribution >= 0.6 is 0 Å². The number of aromatic amines is 1. The lowest BCUT2D eigenvalue weighted by Gasteiger charge is -2.45. The van der Waals surface area contributed by atoms with Crippen molar-refractivity contribution in [3.63, 3.8) is 0 Å². The molecule has 2 aliphatic rings. The van der Waals surface area contributed by atoms with Crippen LogP contribution < -0.4 is 10.9 Å². The van der Waals surface area contributed by atoms with Crippen molar-refractivity contribution >= 4 is 18.2 Å². The highest BCUT2D eigenvalue weighted by molar-refractivity contribution is 5.98. The average Bonchev–Trinajstić information content (AvgIpc) is 2.76. The molecule has 1 amide bonds. The van der Waals surface area contributed by atoms with Crippen molar-refractivity contribution < 1.29 is 4.79 Å². The highest BCUT2D eigenvalue weighted by atomic mass is 16.1. The van der Waals surface area contributed by atoms with Crippen LogP contribution in [0, 0.1) is 5.92 Å². The summed E-state index contributed by atoms with van der Waals surface area (Å²) in [6.45, 7) is 6.71. The number of rotatable bonds is 5. The van der Waals surface area contributed by atoms with Crippen LogP contribution in [0.25, 0.3) is 6.08 Å². The molecule has 0 saturated heterocycles. The van der Waals surface area contributed by atoms with E-state index in [0.717, 1.165) is 29.7 Å². The summed E-state index contributed by atoms with van der Waals surface area (Å²) in [6, 6.07) is 11.1. The van der Waals surface area contributed by atoms with Crippen molar-refractivity contribution in [2.24, 2.45) is 10.9 Å². The maximum Gasteiger partial charge on any atom is 0.251 e. The fourth-order valence-electron chi connectivity index (χ4n) is 5.07. The lowest BCUT2D eigenvalue weighted by molar-refractivity contribution is 0.0955. The van der Waals surface area contributed by atoms with Crippen LogP contribution in [0.15, 0.2) is 75.6 Å². The topological polar surface area (TPSA) is 74.3 Å². The number of carbonyl (C=O) groups excluding carboxylic acids is 1. The van der Waals surface area contributed by atoms with Crippen LogP contribution in [-0.2, 0) is 12.0 Å². The zero-order valence-corrected chi connectivity index (χ0v) is 18.8. The zero-order chi connectivity index (χ0) is 22.7. The Kier molecular flexibility index (Phi) is 7.32. The molecule has 2 bridgehead atoms. The Morgan fingerprint density at radius 2 is 2.06 bits per heavy atom. The summed E-state index contributed by atoms with van der Waals surface area (Å²) in [5, 5.41) is 2.86. The molecule has 0 aliphatic heterocycles. The minimum absolute atomic E-state index is 0. The predicted octanol–water partition coefficient (Wildman–Crippen LogP) is 5.21. The molecule has 1 aromatic carbocycles. The highest BCUT2D eigenvalue weighted by Crippen LogP contribution is 2.51. The molecule has 0 radical (unpaired) electrons. The number of amides is 1. The van der Waals surface area contributed by atoms with Crippen LogP contribution in [0.1, 0.15) is 61.8 Å². The number of hydrogen-bond donors (Lipinski definition) is 2. The first kappa shape index (κ1) is 24.2. The van der Waals surface area contributed by atoms with Gasteiger partial charge in [-0.3, -0.25) is 14.6 Å². The number of H-pyrrole nitrogens is 1. The fraction of sp³-hybridized carbons (Fsp3) is 0.321. The summed E-state index contributed by atoms with van der Waals surface area (Å²) in [5.74, 6) is 0.152. The number of benzene rings is 1. The Labute approximate surface area is 196 Å². The van der Waals surface area contributed by atoms with Gasteiger partial charge >= 0.3 is 0 Å². The van der Waals surface area contributed by atoms with Crippen molar-refractivity contribution in [3.05, 3.63) is 98.5 Å². The first-order chi connectivity index (χ1) is 15.5. The summed E-state index contributed by atoms with van der Waals surface area (Å²) in [5.41, 5.74) is 5.52. The third kappa shape index (κ3) is 4.54. The number of carbonyl (C=O) groups is 1. The molecular weight excluding hydrogens is 410 g/mol. The van der Waals surface area contributed by atoms with Gasteiger partial charge in [-0.05, 0) is 56.5 Å². The second-order valence-corrected chi connectivity index (χ2v) is 8.40. The third-order valence-corrected chi connectivity index (χ3v) is 6.28. The average molecular weight is 444 g/mol. The standard InChI is InChI=1S/C27H29N3O2.CH4/c1-4-22-20-15-18(3)17-27(22,23-12-13-25(31)30-24(23)16-20)29-14-8-10-19-9-6-7-11-21(19)26(32)28-5-2;/h4,6-15,20H,5,16-17H2,1-3H3,(H,28,32)(H,30,31);1H4/b10-8+,22-4+,29-14?;. The van der Waals surface area contributed by atoms with Crippen molar-refractivity contribution in [1.29, 1.82) is 0 Å². The van der Waals surface area contributed by atoms with Gasteiger partial charge in [-0.2, -0.15) is 0 Å². The second kappa shape index (κ2) is 9.99. The van der Waals surface area contributed by atoms with Gasteiger partial charge in [-0.25, -0.2) is 0 Å². The Morgan fingerprint density at radius 1 is 1.27 bits per heavy atom. The van der Waals surface area contributed by atoms with Gasteiger partial charge in [0.2, 0.25) is 5.56 Å². The SMILES string of the molecule is C.C/C=C1\C2C=C(C)CC1(N=C/C=C/c1ccccc1C(=O)NCC)c1ccc(=O)[nH]c1C2. The van der Waals surface area contributed by atoms with Gasteiger partial charge in [0, 0.05) is 48.0 Å². The number of pyridine rings is 1. The summed E-state index contributed by atoms with van der Waals surface area (Å²) in [4.78, 5) is 32.4. The van der Waals surface area contributed by atoms with Gasteiger partial charge in [-0.15, -0.1) is 0 Å². The monoisotopic (exact) mass is 443 g/mol. The van der Waals surface area contributed by atoms with Crippen LogP contribution in [-0.4, -0.2) is 23.7 Å². The van der Waals surface area contributed by atoms with Gasteiger partial charge in [0.05, 0.1) is 0 Å². The zero-order valence-electron chi connectivity index (χ0n) is 18.8. The molecule has 2 unspecified atom stereocenters. The Balaban J connectivity index is 0.00000306. The number of hydrogen-bond acceptors (Lipinski definition) is 3. The molecule has 2 aromatic rings. The summed E-state index contributed by atoms with van der Waals surface area (Å²) in [7, 11) is 0. The van der Waals surface area contributed by atoms with E-state index < -0.39 is 5.54 Å². The van der Waals surface area contributed by atoms with E-state index in [9.17, 15) is 9.59 Å². The van der Waals surface area contributed by atoms with E-state index in [0.29, 0.717) is 12.1 Å². The third-order valence-electron chi connectivity index (χ3n) is 6.28. The van der Waals surface area contributed by atoms with Crippen LogP contribution in [0.2, 0.25) is 0 Å². The maximum absolute atomic E-state index is 12.3. The Hall–Kier alpha value is -3.47. The molecule has 0 spiro atoms. The normalized spacial score (nSPS) is 22.7. The quantitative estimate of drug-likeness (QED) is 0.492. The summed E-state index contributed by atoms with van der Waals surface area (Å²) < 4.78 is 0. The van der Waals surface area contributed by atoms with Gasteiger partial charge in [-0.1, -0.05) is 49.4 Å². The van der Waals surface area contributed by atoms with E-state index in [1.54, 1.807) is 6.07 Å². The molecule has 2 atom stereocenters. The van der Waals surface area contributed by atoms with E-state index in [1.165, 1.54) is 11.1 Å². The maximum atomic E-state index is 12.3. The largest absolute Gasteiger partial charge is 0.352 e. The molecule has 5 heteroatoms. The molecule has 4 rings (SSSR count). The van der Waals surface area contributed by atoms with Crippen LogP contribution in [0.5, 0.6) is 0 Å². The molecule has 0 fully saturated rings. The number of allylic oxidation sites excluding steroid dienone is 3. The van der Waals surface area contributed by atoms with E-state index in [1.807, 2.05) is 55.6 Å². The number of aromatic nitrogens is 1. The summed E-state index contributed by atoms with van der Waals surface area (Å²) >= 11 is 0. The first-order valence-electron chi connectivity index (χ1n) is 11.1. The van der Waals surface area contributed by atoms with Crippen molar-refractivity contribution in [2.75, 3.05) is 6.54 Å². The lowest BCUT2D eigenvalue weighted by atomic mass is 9.63. The molecule has 2 aliphatic carbocycles. The van der Waals surface area contributed by atoms with E-state index in [-0.39, 0.29) is 24.8 Å². The molecule has 1 aromatic heterocycles. The number of nitrogens with one attached hydrogen (secondary N) is 2. The van der Waals surface area contributed by atoms with E-state index >= 15 is 0 Å². The first-order valence-corrected chi connectivity index (χ1v) is 11.1. The molecular formula is C28H33N3O2. The van der Waals surface area contributed by atoms with E-state index in [4.69, 9.17) is 4.99 Å². The second-order valence-electron chi connectivity index (χ2n) is 8.40. The minimum atomic E-state index is -0.514.